The zero-order valence-electron chi connectivity index (χ0n) is 5.87. The predicted octanol–water partition coefficient (Wildman–Crippen LogP) is 0.622. The van der Waals surface area contributed by atoms with E-state index in [9.17, 15) is 0 Å². The molecule has 1 aromatic rings. The van der Waals surface area contributed by atoms with Gasteiger partial charge in [-0.2, -0.15) is 0 Å². The third-order valence-electron chi connectivity index (χ3n) is 1.17. The maximum atomic E-state index is 5.59. The van der Waals surface area contributed by atoms with Crippen LogP contribution in [0, 0.1) is 0 Å². The predicted molar refractivity (Wildman–Crippen MR) is 42.6 cm³/mol. The molecule has 1 atom stereocenters. The lowest BCUT2D eigenvalue weighted by Crippen LogP contribution is -2.05. The van der Waals surface area contributed by atoms with Crippen molar-refractivity contribution < 1.29 is 0 Å². The minimum Gasteiger partial charge on any atom is -0.325 e. The van der Waals surface area contributed by atoms with E-state index < -0.39 is 0 Å². The molecule has 0 saturated heterocycles. The molecule has 0 aromatic carbocycles. The fourth-order valence-corrected chi connectivity index (χ4v) is 1.42. The Balaban J connectivity index is 2.78. The van der Waals surface area contributed by atoms with Gasteiger partial charge in [-0.25, -0.2) is 4.98 Å². The minimum atomic E-state index is 0.0327. The van der Waals surface area contributed by atoms with Crippen LogP contribution < -0.4 is 11.5 Å². The van der Waals surface area contributed by atoms with E-state index in [1.54, 1.807) is 11.3 Å². The van der Waals surface area contributed by atoms with Crippen molar-refractivity contribution in [1.29, 1.82) is 0 Å². The van der Waals surface area contributed by atoms with Gasteiger partial charge >= 0.3 is 0 Å². The first kappa shape index (κ1) is 7.65. The molecule has 3 nitrogen and oxygen atoms in total. The summed E-state index contributed by atoms with van der Waals surface area (Å²) in [5.74, 6) is 0. The molecule has 0 amide bonds. The Morgan fingerprint density at radius 2 is 2.50 bits per heavy atom. The van der Waals surface area contributed by atoms with Gasteiger partial charge in [0.05, 0.1) is 11.7 Å². The molecule has 0 radical (unpaired) electrons. The summed E-state index contributed by atoms with van der Waals surface area (Å²) < 4.78 is 0. The maximum Gasteiger partial charge on any atom is 0.109 e. The van der Waals surface area contributed by atoms with Crippen molar-refractivity contribution in [1.82, 2.24) is 4.98 Å². The van der Waals surface area contributed by atoms with Gasteiger partial charge in [0, 0.05) is 11.9 Å². The normalized spacial score (nSPS) is 13.5. The smallest absolute Gasteiger partial charge is 0.109 e. The fourth-order valence-electron chi connectivity index (χ4n) is 0.626. The first-order chi connectivity index (χ1) is 4.74. The zero-order chi connectivity index (χ0) is 7.56. The molecular weight excluding hydrogens is 146 g/mol. The first-order valence-corrected chi connectivity index (χ1v) is 4.02. The Labute approximate surface area is 64.1 Å². The number of thiazole rings is 1. The summed E-state index contributed by atoms with van der Waals surface area (Å²) >= 11 is 1.57. The molecule has 0 aliphatic heterocycles. The van der Waals surface area contributed by atoms with Gasteiger partial charge in [0.15, 0.2) is 0 Å². The fraction of sp³-hybridized carbons (Fsp3) is 0.500. The third-order valence-corrected chi connectivity index (χ3v) is 2.26. The van der Waals surface area contributed by atoms with Gasteiger partial charge in [-0.1, -0.05) is 0 Å². The highest BCUT2D eigenvalue weighted by molar-refractivity contribution is 7.09. The van der Waals surface area contributed by atoms with Crippen molar-refractivity contribution in [3.05, 3.63) is 16.1 Å². The zero-order valence-corrected chi connectivity index (χ0v) is 6.69. The van der Waals surface area contributed by atoms with Crippen molar-refractivity contribution in [3.63, 3.8) is 0 Å². The molecule has 4 heteroatoms. The highest BCUT2D eigenvalue weighted by atomic mass is 32.1. The lowest BCUT2D eigenvalue weighted by molar-refractivity contribution is 0.796. The van der Waals surface area contributed by atoms with Crippen LogP contribution in [0.25, 0.3) is 0 Å². The Kier molecular flexibility index (Phi) is 2.37. The van der Waals surface area contributed by atoms with Crippen LogP contribution in [0.4, 0.5) is 0 Å². The summed E-state index contributed by atoms with van der Waals surface area (Å²) in [7, 11) is 0. The van der Waals surface area contributed by atoms with E-state index in [0.29, 0.717) is 6.54 Å². The van der Waals surface area contributed by atoms with Crippen molar-refractivity contribution in [2.45, 2.75) is 19.5 Å². The number of hydrogen-bond acceptors (Lipinski definition) is 4. The monoisotopic (exact) mass is 157 g/mol. The molecule has 0 saturated carbocycles. The molecule has 56 valence electrons. The molecule has 10 heavy (non-hydrogen) atoms. The van der Waals surface area contributed by atoms with Gasteiger partial charge in [-0.05, 0) is 6.92 Å². The summed E-state index contributed by atoms with van der Waals surface area (Å²) in [5.41, 5.74) is 11.9. The van der Waals surface area contributed by atoms with Crippen molar-refractivity contribution >= 4 is 11.3 Å². The quantitative estimate of drug-likeness (QED) is 0.661. The summed E-state index contributed by atoms with van der Waals surface area (Å²) in [4.78, 5) is 4.20. The van der Waals surface area contributed by atoms with Gasteiger partial charge < -0.3 is 11.5 Å². The van der Waals surface area contributed by atoms with E-state index in [0.717, 1.165) is 10.7 Å². The Bertz CT molecular complexity index is 207. The first-order valence-electron chi connectivity index (χ1n) is 3.14. The van der Waals surface area contributed by atoms with Crippen LogP contribution in [0.1, 0.15) is 23.7 Å². The lowest BCUT2D eigenvalue weighted by Gasteiger charge is -1.95. The Morgan fingerprint density at radius 1 is 1.80 bits per heavy atom. The molecule has 0 fully saturated rings. The molecule has 0 aliphatic rings. The largest absolute Gasteiger partial charge is 0.325 e. The number of rotatable bonds is 2. The third kappa shape index (κ3) is 1.53. The SMILES string of the molecule is CC(N)c1nc(CN)cs1. The van der Waals surface area contributed by atoms with Crippen LogP contribution in [0.15, 0.2) is 5.38 Å². The summed E-state index contributed by atoms with van der Waals surface area (Å²) in [5, 5.41) is 2.90. The number of hydrogen-bond donors (Lipinski definition) is 2. The summed E-state index contributed by atoms with van der Waals surface area (Å²) in [6, 6.07) is 0.0327. The topological polar surface area (TPSA) is 64.9 Å². The minimum absolute atomic E-state index is 0.0327. The average molecular weight is 157 g/mol. The molecule has 1 unspecified atom stereocenters. The van der Waals surface area contributed by atoms with Crippen LogP contribution in [0.3, 0.4) is 0 Å². The van der Waals surface area contributed by atoms with E-state index in [2.05, 4.69) is 4.98 Å². The molecule has 0 bridgehead atoms. The van der Waals surface area contributed by atoms with Crippen LogP contribution >= 0.6 is 11.3 Å². The highest BCUT2D eigenvalue weighted by Gasteiger charge is 2.03. The van der Waals surface area contributed by atoms with Crippen molar-refractivity contribution in [2.75, 3.05) is 0 Å². The molecule has 1 aromatic heterocycles. The number of nitrogens with two attached hydrogens (primary N) is 2. The standard InChI is InChI=1S/C6H11N3S/c1-4(8)6-9-5(2-7)3-10-6/h3-4H,2,7-8H2,1H3. The molecule has 0 aliphatic carbocycles. The lowest BCUT2D eigenvalue weighted by atomic mass is 10.4. The number of nitrogens with zero attached hydrogens (tertiary/aromatic N) is 1. The second kappa shape index (κ2) is 3.09. The molecule has 0 spiro atoms. The average Bonchev–Trinajstić information content (AvgIpc) is 2.34. The van der Waals surface area contributed by atoms with E-state index in [1.165, 1.54) is 0 Å². The summed E-state index contributed by atoms with van der Waals surface area (Å²) in [6.45, 7) is 2.42. The van der Waals surface area contributed by atoms with Gasteiger partial charge in [-0.3, -0.25) is 0 Å². The van der Waals surface area contributed by atoms with Gasteiger partial charge in [0.1, 0.15) is 5.01 Å². The van der Waals surface area contributed by atoms with Gasteiger partial charge in [-0.15, -0.1) is 11.3 Å². The Hall–Kier alpha value is -0.450. The van der Waals surface area contributed by atoms with Crippen LogP contribution in [-0.2, 0) is 6.54 Å². The van der Waals surface area contributed by atoms with Crippen molar-refractivity contribution in [3.8, 4) is 0 Å². The van der Waals surface area contributed by atoms with E-state index in [-0.39, 0.29) is 6.04 Å². The molecule has 1 heterocycles. The van der Waals surface area contributed by atoms with Crippen molar-refractivity contribution in [2.24, 2.45) is 11.5 Å². The maximum absolute atomic E-state index is 5.59. The molecule has 1 rings (SSSR count). The van der Waals surface area contributed by atoms with Crippen LogP contribution in [0.2, 0.25) is 0 Å². The van der Waals surface area contributed by atoms with Gasteiger partial charge in [0.25, 0.3) is 0 Å². The molecule has 4 N–H and O–H groups in total. The second-order valence-corrected chi connectivity index (χ2v) is 3.06. The molecular formula is C6H11N3S. The Morgan fingerprint density at radius 3 is 2.80 bits per heavy atom. The van der Waals surface area contributed by atoms with Crippen LogP contribution in [-0.4, -0.2) is 4.98 Å². The second-order valence-electron chi connectivity index (χ2n) is 2.17. The van der Waals surface area contributed by atoms with E-state index in [4.69, 9.17) is 11.5 Å². The van der Waals surface area contributed by atoms with E-state index in [1.807, 2.05) is 12.3 Å². The highest BCUT2D eigenvalue weighted by Crippen LogP contribution is 2.14. The van der Waals surface area contributed by atoms with Crippen LogP contribution in [0.5, 0.6) is 0 Å². The summed E-state index contributed by atoms with van der Waals surface area (Å²) in [6.07, 6.45) is 0. The number of aromatic nitrogens is 1. The van der Waals surface area contributed by atoms with E-state index >= 15 is 0 Å². The van der Waals surface area contributed by atoms with Gasteiger partial charge in [0.2, 0.25) is 0 Å².